The fraction of sp³-hybridized carbons (Fsp3) is 0.118. The van der Waals surface area contributed by atoms with Crippen LogP contribution in [0.1, 0.15) is 27.2 Å². The van der Waals surface area contributed by atoms with Crippen LogP contribution in [-0.4, -0.2) is 5.78 Å². The second-order valence-corrected chi connectivity index (χ2v) is 5.35. The van der Waals surface area contributed by atoms with Gasteiger partial charge in [0.05, 0.1) is 0 Å². The van der Waals surface area contributed by atoms with Gasteiger partial charge in [0.15, 0.2) is 5.76 Å². The van der Waals surface area contributed by atoms with Gasteiger partial charge in [0.2, 0.25) is 5.78 Å². The Morgan fingerprint density at radius 2 is 1.85 bits per heavy atom. The van der Waals surface area contributed by atoms with Gasteiger partial charge in [-0.15, -0.1) is 0 Å². The summed E-state index contributed by atoms with van der Waals surface area (Å²) in [5.74, 6) is 0.186. The molecule has 0 amide bonds. The van der Waals surface area contributed by atoms with E-state index in [4.69, 9.17) is 16.0 Å². The SMILES string of the molecule is Cc1ccc2oc(C(=O)c3ccc(C)c(Cl)c3)cc2c1. The smallest absolute Gasteiger partial charge is 0.228 e. The van der Waals surface area contributed by atoms with E-state index in [-0.39, 0.29) is 5.78 Å². The summed E-state index contributed by atoms with van der Waals surface area (Å²) in [7, 11) is 0. The van der Waals surface area contributed by atoms with Crippen molar-refractivity contribution in [2.45, 2.75) is 13.8 Å². The molecule has 0 unspecified atom stereocenters. The fourth-order valence-electron chi connectivity index (χ4n) is 2.15. The highest BCUT2D eigenvalue weighted by Crippen LogP contribution is 2.24. The largest absolute Gasteiger partial charge is 0.453 e. The maximum absolute atomic E-state index is 12.4. The van der Waals surface area contributed by atoms with Gasteiger partial charge in [-0.3, -0.25) is 4.79 Å². The van der Waals surface area contributed by atoms with Crippen LogP contribution in [-0.2, 0) is 0 Å². The van der Waals surface area contributed by atoms with Gasteiger partial charge in [0.1, 0.15) is 5.58 Å². The average molecular weight is 285 g/mol. The Bertz CT molecular complexity index is 815. The summed E-state index contributed by atoms with van der Waals surface area (Å²) in [6.07, 6.45) is 0. The van der Waals surface area contributed by atoms with Crippen LogP contribution in [0.15, 0.2) is 46.9 Å². The number of ketones is 1. The van der Waals surface area contributed by atoms with Crippen molar-refractivity contribution in [3.8, 4) is 0 Å². The van der Waals surface area contributed by atoms with Crippen molar-refractivity contribution in [2.75, 3.05) is 0 Å². The quantitative estimate of drug-likeness (QED) is 0.624. The molecule has 0 saturated carbocycles. The predicted molar refractivity (Wildman–Crippen MR) is 80.6 cm³/mol. The molecule has 0 aliphatic rings. The number of aryl methyl sites for hydroxylation is 2. The maximum atomic E-state index is 12.4. The lowest BCUT2D eigenvalue weighted by molar-refractivity contribution is 0.101. The first-order valence-corrected chi connectivity index (χ1v) is 6.73. The van der Waals surface area contributed by atoms with Crippen LogP contribution in [0.5, 0.6) is 0 Å². The number of furan rings is 1. The third-order valence-electron chi connectivity index (χ3n) is 3.33. The molecule has 2 aromatic carbocycles. The number of hydrogen-bond donors (Lipinski definition) is 0. The maximum Gasteiger partial charge on any atom is 0.228 e. The zero-order valence-electron chi connectivity index (χ0n) is 11.2. The van der Waals surface area contributed by atoms with E-state index < -0.39 is 0 Å². The number of carbonyl (C=O) groups excluding carboxylic acids is 1. The van der Waals surface area contributed by atoms with Crippen molar-refractivity contribution < 1.29 is 9.21 Å². The lowest BCUT2D eigenvalue weighted by Crippen LogP contribution is -1.99. The molecule has 0 saturated heterocycles. The number of halogens is 1. The van der Waals surface area contributed by atoms with Crippen molar-refractivity contribution in [3.05, 3.63) is 69.9 Å². The molecule has 3 aromatic rings. The van der Waals surface area contributed by atoms with E-state index in [1.54, 1.807) is 18.2 Å². The monoisotopic (exact) mass is 284 g/mol. The molecule has 0 aliphatic heterocycles. The van der Waals surface area contributed by atoms with Crippen LogP contribution in [0.2, 0.25) is 5.02 Å². The molecule has 100 valence electrons. The van der Waals surface area contributed by atoms with Gasteiger partial charge < -0.3 is 4.42 Å². The first-order valence-electron chi connectivity index (χ1n) is 6.35. The minimum atomic E-state index is -0.152. The van der Waals surface area contributed by atoms with Crippen molar-refractivity contribution >= 4 is 28.4 Å². The molecule has 0 radical (unpaired) electrons. The highest BCUT2D eigenvalue weighted by Gasteiger charge is 2.15. The summed E-state index contributed by atoms with van der Waals surface area (Å²) < 4.78 is 5.62. The Labute approximate surface area is 122 Å². The first kappa shape index (κ1) is 12.9. The molecule has 20 heavy (non-hydrogen) atoms. The Kier molecular flexibility index (Phi) is 3.11. The van der Waals surface area contributed by atoms with E-state index in [2.05, 4.69) is 0 Å². The Morgan fingerprint density at radius 1 is 1.05 bits per heavy atom. The summed E-state index contributed by atoms with van der Waals surface area (Å²) >= 11 is 6.06. The normalized spacial score (nSPS) is 10.9. The standard InChI is InChI=1S/C17H13ClO2/c1-10-3-6-15-13(7-10)9-16(20-15)17(19)12-5-4-11(2)14(18)8-12/h3-9H,1-2H3. The first-order chi connectivity index (χ1) is 9.54. The van der Waals surface area contributed by atoms with E-state index in [9.17, 15) is 4.79 Å². The molecule has 3 heteroatoms. The fourth-order valence-corrected chi connectivity index (χ4v) is 2.33. The Morgan fingerprint density at radius 3 is 2.60 bits per heavy atom. The van der Waals surface area contributed by atoms with Crippen LogP contribution in [0.3, 0.4) is 0 Å². The van der Waals surface area contributed by atoms with E-state index in [0.29, 0.717) is 16.3 Å². The Balaban J connectivity index is 2.05. The molecule has 3 rings (SSSR count). The lowest BCUT2D eigenvalue weighted by atomic mass is 10.1. The third-order valence-corrected chi connectivity index (χ3v) is 3.74. The van der Waals surface area contributed by atoms with E-state index in [0.717, 1.165) is 22.1 Å². The average Bonchev–Trinajstić information content (AvgIpc) is 2.84. The van der Waals surface area contributed by atoms with E-state index in [1.807, 2.05) is 38.1 Å². The summed E-state index contributed by atoms with van der Waals surface area (Å²) in [4.78, 5) is 12.4. The van der Waals surface area contributed by atoms with E-state index in [1.165, 1.54) is 0 Å². The van der Waals surface area contributed by atoms with Crippen LogP contribution in [0, 0.1) is 13.8 Å². The zero-order valence-corrected chi connectivity index (χ0v) is 12.0. The minimum Gasteiger partial charge on any atom is -0.453 e. The van der Waals surface area contributed by atoms with Crippen LogP contribution < -0.4 is 0 Å². The molecular formula is C17H13ClO2. The molecule has 0 N–H and O–H groups in total. The summed E-state index contributed by atoms with van der Waals surface area (Å²) in [6.45, 7) is 3.91. The van der Waals surface area contributed by atoms with Gasteiger partial charge in [-0.2, -0.15) is 0 Å². The number of benzene rings is 2. The molecule has 0 bridgehead atoms. The highest BCUT2D eigenvalue weighted by molar-refractivity contribution is 6.31. The van der Waals surface area contributed by atoms with Gasteiger partial charge in [-0.25, -0.2) is 0 Å². The van der Waals surface area contributed by atoms with E-state index >= 15 is 0 Å². The molecule has 0 fully saturated rings. The molecule has 0 aliphatic carbocycles. The predicted octanol–water partition coefficient (Wildman–Crippen LogP) is 4.93. The van der Waals surface area contributed by atoms with Crippen molar-refractivity contribution in [3.63, 3.8) is 0 Å². The van der Waals surface area contributed by atoms with Gasteiger partial charge >= 0.3 is 0 Å². The number of rotatable bonds is 2. The second-order valence-electron chi connectivity index (χ2n) is 4.95. The van der Waals surface area contributed by atoms with Gasteiger partial charge in [-0.05, 0) is 43.7 Å². The number of fused-ring (bicyclic) bond motifs is 1. The van der Waals surface area contributed by atoms with Gasteiger partial charge in [0.25, 0.3) is 0 Å². The minimum absolute atomic E-state index is 0.152. The molecule has 2 nitrogen and oxygen atoms in total. The number of hydrogen-bond acceptors (Lipinski definition) is 2. The van der Waals surface area contributed by atoms with Crippen molar-refractivity contribution in [1.29, 1.82) is 0 Å². The Hall–Kier alpha value is -2.06. The summed E-state index contributed by atoms with van der Waals surface area (Å²) in [5, 5.41) is 1.52. The number of carbonyl (C=O) groups is 1. The van der Waals surface area contributed by atoms with Crippen LogP contribution >= 0.6 is 11.6 Å². The van der Waals surface area contributed by atoms with Crippen molar-refractivity contribution in [2.24, 2.45) is 0 Å². The molecule has 0 atom stereocenters. The zero-order chi connectivity index (χ0) is 14.3. The van der Waals surface area contributed by atoms with Crippen LogP contribution in [0.4, 0.5) is 0 Å². The van der Waals surface area contributed by atoms with Gasteiger partial charge in [-0.1, -0.05) is 35.4 Å². The third kappa shape index (κ3) is 2.23. The molecule has 1 aromatic heterocycles. The molecular weight excluding hydrogens is 272 g/mol. The lowest BCUT2D eigenvalue weighted by Gasteiger charge is -2.01. The molecule has 0 spiro atoms. The highest BCUT2D eigenvalue weighted by atomic mass is 35.5. The van der Waals surface area contributed by atoms with Crippen molar-refractivity contribution in [1.82, 2.24) is 0 Å². The van der Waals surface area contributed by atoms with Gasteiger partial charge in [0, 0.05) is 16.0 Å². The second kappa shape index (κ2) is 4.80. The summed E-state index contributed by atoms with van der Waals surface area (Å²) in [5.41, 5.74) is 3.34. The van der Waals surface area contributed by atoms with Crippen LogP contribution in [0.25, 0.3) is 11.0 Å². The summed E-state index contributed by atoms with van der Waals surface area (Å²) in [6, 6.07) is 12.9. The topological polar surface area (TPSA) is 30.2 Å². The molecule has 1 heterocycles.